The Morgan fingerprint density at radius 1 is 1.57 bits per heavy atom. The number of hydrogen-bond donors (Lipinski definition) is 0. The van der Waals surface area contributed by atoms with Gasteiger partial charge in [0.1, 0.15) is 11.9 Å². The first kappa shape index (κ1) is 10.8. The van der Waals surface area contributed by atoms with Gasteiger partial charge in [-0.2, -0.15) is 0 Å². The van der Waals surface area contributed by atoms with E-state index in [0.29, 0.717) is 16.3 Å². The highest BCUT2D eigenvalue weighted by molar-refractivity contribution is 6.30. The van der Waals surface area contributed by atoms with Crippen LogP contribution in [0, 0.1) is 0 Å². The minimum atomic E-state index is -0.130. The molecule has 0 aliphatic rings. The third kappa shape index (κ3) is 2.60. The predicted molar refractivity (Wildman–Crippen MR) is 57.1 cm³/mol. The van der Waals surface area contributed by atoms with Crippen molar-refractivity contribution in [1.29, 1.82) is 0 Å². The van der Waals surface area contributed by atoms with E-state index in [9.17, 15) is 4.79 Å². The van der Waals surface area contributed by atoms with E-state index < -0.39 is 0 Å². The van der Waals surface area contributed by atoms with Crippen molar-refractivity contribution in [2.45, 2.75) is 13.0 Å². The van der Waals surface area contributed by atoms with E-state index in [0.717, 1.165) is 6.29 Å². The molecule has 0 spiro atoms. The van der Waals surface area contributed by atoms with Gasteiger partial charge in [0.15, 0.2) is 6.29 Å². The minimum absolute atomic E-state index is 0.130. The molecule has 0 N–H and O–H groups in total. The molecule has 0 amide bonds. The Bertz CT molecular complexity index is 347. The van der Waals surface area contributed by atoms with Crippen LogP contribution >= 0.6 is 11.6 Å². The Morgan fingerprint density at radius 2 is 2.29 bits per heavy atom. The summed E-state index contributed by atoms with van der Waals surface area (Å²) in [7, 11) is 0. The summed E-state index contributed by atoms with van der Waals surface area (Å²) >= 11 is 5.73. The van der Waals surface area contributed by atoms with Gasteiger partial charge in [0.2, 0.25) is 0 Å². The van der Waals surface area contributed by atoms with Gasteiger partial charge in [-0.1, -0.05) is 24.3 Å². The lowest BCUT2D eigenvalue weighted by Crippen LogP contribution is -2.08. The summed E-state index contributed by atoms with van der Waals surface area (Å²) in [6.45, 7) is 5.43. The normalized spacial score (nSPS) is 11.9. The van der Waals surface area contributed by atoms with Crippen LogP contribution in [-0.2, 0) is 0 Å². The number of rotatable bonds is 4. The van der Waals surface area contributed by atoms with E-state index in [1.807, 2.05) is 6.92 Å². The molecule has 1 rings (SSSR count). The lowest BCUT2D eigenvalue weighted by molar-refractivity contribution is 0.111. The van der Waals surface area contributed by atoms with E-state index in [2.05, 4.69) is 6.58 Å². The molecule has 0 aliphatic carbocycles. The van der Waals surface area contributed by atoms with Crippen molar-refractivity contribution in [1.82, 2.24) is 0 Å². The van der Waals surface area contributed by atoms with Gasteiger partial charge in [0.05, 0.1) is 5.56 Å². The molecule has 0 fully saturated rings. The number of benzene rings is 1. The average Bonchev–Trinajstić information content (AvgIpc) is 2.20. The van der Waals surface area contributed by atoms with Crippen molar-refractivity contribution in [2.75, 3.05) is 0 Å². The summed E-state index contributed by atoms with van der Waals surface area (Å²) in [5.41, 5.74) is 0.450. The molecule has 1 atom stereocenters. The quantitative estimate of drug-likeness (QED) is 0.564. The van der Waals surface area contributed by atoms with E-state index in [1.54, 1.807) is 24.3 Å². The van der Waals surface area contributed by atoms with Gasteiger partial charge in [-0.05, 0) is 25.1 Å². The van der Waals surface area contributed by atoms with Gasteiger partial charge in [-0.3, -0.25) is 4.79 Å². The highest BCUT2D eigenvalue weighted by Gasteiger charge is 2.05. The summed E-state index contributed by atoms with van der Waals surface area (Å²) < 4.78 is 5.43. The lowest BCUT2D eigenvalue weighted by Gasteiger charge is -2.12. The Balaban J connectivity index is 2.96. The van der Waals surface area contributed by atoms with E-state index in [4.69, 9.17) is 16.3 Å². The summed E-state index contributed by atoms with van der Waals surface area (Å²) in [5.74, 6) is 0.525. The monoisotopic (exact) mass is 210 g/mol. The lowest BCUT2D eigenvalue weighted by atomic mass is 10.2. The number of aldehydes is 1. The van der Waals surface area contributed by atoms with Crippen LogP contribution in [0.4, 0.5) is 0 Å². The maximum Gasteiger partial charge on any atom is 0.153 e. The first-order chi connectivity index (χ1) is 6.67. The number of hydrogen-bond acceptors (Lipinski definition) is 2. The van der Waals surface area contributed by atoms with Crippen LogP contribution in [0.25, 0.3) is 0 Å². The largest absolute Gasteiger partial charge is 0.486 e. The summed E-state index contributed by atoms with van der Waals surface area (Å²) in [5, 5.41) is 0.519. The fraction of sp³-hybridized carbons (Fsp3) is 0.182. The third-order valence-corrected chi connectivity index (χ3v) is 1.98. The average molecular weight is 211 g/mol. The zero-order valence-electron chi connectivity index (χ0n) is 7.87. The zero-order valence-corrected chi connectivity index (χ0v) is 8.62. The highest BCUT2D eigenvalue weighted by Crippen LogP contribution is 2.22. The minimum Gasteiger partial charge on any atom is -0.486 e. The second-order valence-electron chi connectivity index (χ2n) is 2.86. The van der Waals surface area contributed by atoms with Crippen molar-refractivity contribution in [3.05, 3.63) is 41.4 Å². The van der Waals surface area contributed by atoms with Crippen LogP contribution < -0.4 is 4.74 Å². The van der Waals surface area contributed by atoms with Crippen molar-refractivity contribution in [3.8, 4) is 5.75 Å². The van der Waals surface area contributed by atoms with E-state index in [-0.39, 0.29) is 6.10 Å². The molecule has 1 aromatic rings. The fourth-order valence-corrected chi connectivity index (χ4v) is 1.15. The standard InChI is InChI=1S/C11H11ClO2/c1-3-8(2)14-11-5-4-10(12)6-9(11)7-13/h3-8H,1H2,2H3. The second-order valence-corrected chi connectivity index (χ2v) is 3.30. The Morgan fingerprint density at radius 3 is 2.86 bits per heavy atom. The summed E-state index contributed by atoms with van der Waals surface area (Å²) in [6.07, 6.45) is 2.25. The molecule has 0 aliphatic heterocycles. The summed E-state index contributed by atoms with van der Waals surface area (Å²) in [6, 6.07) is 4.92. The molecule has 1 aromatic carbocycles. The Hall–Kier alpha value is -1.28. The smallest absolute Gasteiger partial charge is 0.153 e. The molecule has 1 unspecified atom stereocenters. The molecule has 0 saturated carbocycles. The SMILES string of the molecule is C=CC(C)Oc1ccc(Cl)cc1C=O. The van der Waals surface area contributed by atoms with Gasteiger partial charge in [0.25, 0.3) is 0 Å². The maximum atomic E-state index is 10.7. The van der Waals surface area contributed by atoms with Gasteiger partial charge < -0.3 is 4.74 Å². The molecule has 2 nitrogen and oxygen atoms in total. The van der Waals surface area contributed by atoms with Crippen LogP contribution in [0.2, 0.25) is 5.02 Å². The van der Waals surface area contributed by atoms with Crippen molar-refractivity contribution < 1.29 is 9.53 Å². The van der Waals surface area contributed by atoms with Gasteiger partial charge >= 0.3 is 0 Å². The van der Waals surface area contributed by atoms with Gasteiger partial charge in [-0.15, -0.1) is 0 Å². The van der Waals surface area contributed by atoms with Crippen LogP contribution in [-0.4, -0.2) is 12.4 Å². The molecule has 0 saturated heterocycles. The number of carbonyl (C=O) groups excluding carboxylic acids is 1. The molecule has 74 valence electrons. The number of halogens is 1. The number of ether oxygens (including phenoxy) is 1. The van der Waals surface area contributed by atoms with Crippen LogP contribution in [0.5, 0.6) is 5.75 Å². The fourth-order valence-electron chi connectivity index (χ4n) is 0.967. The zero-order chi connectivity index (χ0) is 10.6. The first-order valence-electron chi connectivity index (χ1n) is 4.21. The topological polar surface area (TPSA) is 26.3 Å². The summed E-state index contributed by atoms with van der Waals surface area (Å²) in [4.78, 5) is 10.7. The van der Waals surface area contributed by atoms with Crippen molar-refractivity contribution in [3.63, 3.8) is 0 Å². The Kier molecular flexibility index (Phi) is 3.72. The molecular formula is C11H11ClO2. The molecular weight excluding hydrogens is 200 g/mol. The van der Waals surface area contributed by atoms with E-state index in [1.165, 1.54) is 0 Å². The molecule has 0 aromatic heterocycles. The first-order valence-corrected chi connectivity index (χ1v) is 4.59. The molecule has 0 heterocycles. The Labute approximate surface area is 88.1 Å². The van der Waals surface area contributed by atoms with Crippen LogP contribution in [0.15, 0.2) is 30.9 Å². The van der Waals surface area contributed by atoms with Crippen molar-refractivity contribution in [2.24, 2.45) is 0 Å². The van der Waals surface area contributed by atoms with Crippen LogP contribution in [0.3, 0.4) is 0 Å². The highest BCUT2D eigenvalue weighted by atomic mass is 35.5. The molecule has 3 heteroatoms. The van der Waals surface area contributed by atoms with Gasteiger partial charge in [0, 0.05) is 5.02 Å². The molecule has 0 radical (unpaired) electrons. The van der Waals surface area contributed by atoms with Crippen molar-refractivity contribution >= 4 is 17.9 Å². The second kappa shape index (κ2) is 4.82. The maximum absolute atomic E-state index is 10.7. The predicted octanol–water partition coefficient (Wildman–Crippen LogP) is 3.11. The van der Waals surface area contributed by atoms with Crippen LogP contribution in [0.1, 0.15) is 17.3 Å². The molecule has 0 bridgehead atoms. The van der Waals surface area contributed by atoms with E-state index >= 15 is 0 Å². The third-order valence-electron chi connectivity index (χ3n) is 1.74. The number of carbonyl (C=O) groups is 1. The molecule has 14 heavy (non-hydrogen) atoms. The van der Waals surface area contributed by atoms with Gasteiger partial charge in [-0.25, -0.2) is 0 Å².